The first-order valence-corrected chi connectivity index (χ1v) is 13.1. The molecule has 2 heterocycles. The molecule has 0 unspecified atom stereocenters. The number of hydrogen-bond donors (Lipinski definition) is 0. The predicted molar refractivity (Wildman–Crippen MR) is 138 cm³/mol. The van der Waals surface area contributed by atoms with E-state index in [0.717, 1.165) is 27.5 Å². The highest BCUT2D eigenvalue weighted by Gasteiger charge is 2.31. The van der Waals surface area contributed by atoms with Crippen LogP contribution in [0.5, 0.6) is 0 Å². The van der Waals surface area contributed by atoms with Crippen molar-refractivity contribution in [3.8, 4) is 11.1 Å². The number of aryl methyl sites for hydroxylation is 1. The van der Waals surface area contributed by atoms with Gasteiger partial charge in [-0.2, -0.15) is 4.31 Å². The fraction of sp³-hybridized carbons (Fsp3) is 0.185. The summed E-state index contributed by atoms with van der Waals surface area (Å²) in [6.45, 7) is 3.10. The van der Waals surface area contributed by atoms with E-state index in [0.29, 0.717) is 23.7 Å². The van der Waals surface area contributed by atoms with Crippen LogP contribution in [0.15, 0.2) is 84.0 Å². The van der Waals surface area contributed by atoms with Crippen LogP contribution in [0, 0.1) is 6.92 Å². The van der Waals surface area contributed by atoms with Gasteiger partial charge in [-0.05, 0) is 76.9 Å². The second kappa shape index (κ2) is 9.41. The Balaban J connectivity index is 1.29. The molecule has 1 fully saturated rings. The molecular formula is C27H24ClN3O3S. The number of amides is 1. The summed E-state index contributed by atoms with van der Waals surface area (Å²) >= 11 is 6.04. The van der Waals surface area contributed by atoms with Gasteiger partial charge in [-0.1, -0.05) is 35.9 Å². The molecular weight excluding hydrogens is 482 g/mol. The van der Waals surface area contributed by atoms with Crippen molar-refractivity contribution >= 4 is 38.3 Å². The third-order valence-corrected chi connectivity index (χ3v) is 8.54. The largest absolute Gasteiger partial charge is 0.336 e. The summed E-state index contributed by atoms with van der Waals surface area (Å²) in [5, 5.41) is 2.31. The maximum absolute atomic E-state index is 13.3. The smallest absolute Gasteiger partial charge is 0.254 e. The summed E-state index contributed by atoms with van der Waals surface area (Å²) in [6.07, 6.45) is 3.48. The van der Waals surface area contributed by atoms with Crippen molar-refractivity contribution in [1.29, 1.82) is 0 Å². The molecule has 1 aliphatic rings. The third kappa shape index (κ3) is 4.67. The van der Waals surface area contributed by atoms with Crippen molar-refractivity contribution in [3.63, 3.8) is 0 Å². The Kier molecular flexibility index (Phi) is 6.32. The van der Waals surface area contributed by atoms with Crippen LogP contribution in [0.2, 0.25) is 5.02 Å². The van der Waals surface area contributed by atoms with Crippen LogP contribution in [0.1, 0.15) is 15.9 Å². The highest BCUT2D eigenvalue weighted by molar-refractivity contribution is 7.89. The number of fused-ring (bicyclic) bond motifs is 1. The summed E-state index contributed by atoms with van der Waals surface area (Å²) < 4.78 is 28.0. The van der Waals surface area contributed by atoms with Gasteiger partial charge in [0.2, 0.25) is 10.0 Å². The van der Waals surface area contributed by atoms with Crippen LogP contribution in [0.25, 0.3) is 21.9 Å². The summed E-state index contributed by atoms with van der Waals surface area (Å²) in [4.78, 5) is 19.2. The molecule has 0 saturated carbocycles. The Morgan fingerprint density at radius 3 is 2.23 bits per heavy atom. The number of nitrogens with zero attached hydrogens (tertiary/aromatic N) is 3. The minimum Gasteiger partial charge on any atom is -0.336 e. The molecule has 1 saturated heterocycles. The number of hydrogen-bond acceptors (Lipinski definition) is 4. The molecule has 0 spiro atoms. The lowest BCUT2D eigenvalue weighted by molar-refractivity contribution is 0.0697. The van der Waals surface area contributed by atoms with Crippen molar-refractivity contribution in [2.45, 2.75) is 11.8 Å². The number of carbonyl (C=O) groups is 1. The zero-order chi connectivity index (χ0) is 24.6. The molecule has 0 bridgehead atoms. The number of rotatable bonds is 4. The molecule has 178 valence electrons. The van der Waals surface area contributed by atoms with Crippen molar-refractivity contribution in [1.82, 2.24) is 14.2 Å². The highest BCUT2D eigenvalue weighted by atomic mass is 35.5. The molecule has 1 amide bonds. The molecule has 3 aromatic carbocycles. The van der Waals surface area contributed by atoms with Crippen molar-refractivity contribution in [2.24, 2.45) is 0 Å². The summed E-state index contributed by atoms with van der Waals surface area (Å²) in [6, 6.07) is 20.1. The van der Waals surface area contributed by atoms with Crippen molar-refractivity contribution in [3.05, 3.63) is 95.3 Å². The van der Waals surface area contributed by atoms with Crippen molar-refractivity contribution < 1.29 is 13.2 Å². The minimum absolute atomic E-state index is 0.0802. The lowest BCUT2D eigenvalue weighted by Gasteiger charge is -2.34. The summed E-state index contributed by atoms with van der Waals surface area (Å²) in [7, 11) is -3.66. The molecule has 0 atom stereocenters. The predicted octanol–water partition coefficient (Wildman–Crippen LogP) is 5.01. The zero-order valence-corrected chi connectivity index (χ0v) is 20.8. The molecule has 1 aliphatic heterocycles. The van der Waals surface area contributed by atoms with Crippen LogP contribution in [-0.2, 0) is 10.0 Å². The molecule has 0 N–H and O–H groups in total. The molecule has 5 rings (SSSR count). The Labute approximate surface area is 209 Å². The average molecular weight is 506 g/mol. The van der Waals surface area contributed by atoms with Gasteiger partial charge >= 0.3 is 0 Å². The zero-order valence-electron chi connectivity index (χ0n) is 19.2. The molecule has 8 heteroatoms. The van der Waals surface area contributed by atoms with Gasteiger partial charge in [0, 0.05) is 49.2 Å². The number of benzene rings is 3. The second-order valence-corrected chi connectivity index (χ2v) is 11.0. The molecule has 1 aromatic heterocycles. The van der Waals surface area contributed by atoms with E-state index in [-0.39, 0.29) is 23.9 Å². The van der Waals surface area contributed by atoms with Crippen LogP contribution < -0.4 is 0 Å². The van der Waals surface area contributed by atoms with Crippen LogP contribution in [0.4, 0.5) is 0 Å². The fourth-order valence-corrected chi connectivity index (χ4v) is 6.07. The maximum atomic E-state index is 13.3. The number of sulfonamides is 1. The van der Waals surface area contributed by atoms with Gasteiger partial charge in [0.15, 0.2) is 0 Å². The van der Waals surface area contributed by atoms with E-state index in [1.807, 2.05) is 49.4 Å². The van der Waals surface area contributed by atoms with Gasteiger partial charge in [0.1, 0.15) is 0 Å². The first kappa shape index (κ1) is 23.5. The molecule has 4 aromatic rings. The Bertz CT molecular complexity index is 1520. The van der Waals surface area contributed by atoms with Gasteiger partial charge in [0.25, 0.3) is 5.91 Å². The van der Waals surface area contributed by atoms with E-state index >= 15 is 0 Å². The summed E-state index contributed by atoms with van der Waals surface area (Å²) in [5.74, 6) is -0.0802. The van der Waals surface area contributed by atoms with E-state index in [9.17, 15) is 13.2 Å². The normalized spacial score (nSPS) is 14.9. The number of halogens is 1. The number of piperazine rings is 1. The van der Waals surface area contributed by atoms with E-state index in [1.165, 1.54) is 4.31 Å². The van der Waals surface area contributed by atoms with Gasteiger partial charge < -0.3 is 4.90 Å². The van der Waals surface area contributed by atoms with Gasteiger partial charge in [-0.15, -0.1) is 0 Å². The first-order valence-electron chi connectivity index (χ1n) is 11.3. The number of pyridine rings is 1. The molecule has 6 nitrogen and oxygen atoms in total. The Morgan fingerprint density at radius 2 is 1.51 bits per heavy atom. The third-order valence-electron chi connectivity index (χ3n) is 6.41. The lowest BCUT2D eigenvalue weighted by atomic mass is 10.00. The second-order valence-electron chi connectivity index (χ2n) is 8.62. The first-order chi connectivity index (χ1) is 16.8. The number of carbonyl (C=O) groups excluding carboxylic acids is 1. The minimum atomic E-state index is -3.66. The SMILES string of the molecule is Cc1cc(-c2ccncc2)ccc1C(=O)N1CCN(S(=O)(=O)c2ccc3cc(Cl)ccc3c2)CC1. The maximum Gasteiger partial charge on any atom is 0.254 e. The Morgan fingerprint density at radius 1 is 0.829 bits per heavy atom. The van der Waals surface area contributed by atoms with Gasteiger partial charge in [0.05, 0.1) is 4.90 Å². The lowest BCUT2D eigenvalue weighted by Crippen LogP contribution is -2.50. The Hall–Kier alpha value is -3.26. The molecule has 0 radical (unpaired) electrons. The van der Waals surface area contributed by atoms with Crippen LogP contribution >= 0.6 is 11.6 Å². The van der Waals surface area contributed by atoms with E-state index in [4.69, 9.17) is 11.6 Å². The van der Waals surface area contributed by atoms with Crippen LogP contribution in [-0.4, -0.2) is 54.7 Å². The molecule has 0 aliphatic carbocycles. The van der Waals surface area contributed by atoms with E-state index in [1.54, 1.807) is 41.6 Å². The van der Waals surface area contributed by atoms with Crippen molar-refractivity contribution in [2.75, 3.05) is 26.2 Å². The highest BCUT2D eigenvalue weighted by Crippen LogP contribution is 2.26. The fourth-order valence-electron chi connectivity index (χ4n) is 4.43. The monoisotopic (exact) mass is 505 g/mol. The standard InChI is InChI=1S/C27H24ClN3O3S/c1-19-16-21(20-8-10-29-11-9-20)4-7-26(19)27(32)30-12-14-31(15-13-30)35(33,34)25-6-3-22-17-24(28)5-2-23(22)18-25/h2-11,16-18H,12-15H2,1H3. The summed E-state index contributed by atoms with van der Waals surface area (Å²) in [5.41, 5.74) is 3.58. The molecule has 35 heavy (non-hydrogen) atoms. The van der Waals surface area contributed by atoms with Gasteiger partial charge in [-0.3, -0.25) is 9.78 Å². The van der Waals surface area contributed by atoms with E-state index in [2.05, 4.69) is 4.98 Å². The van der Waals surface area contributed by atoms with Gasteiger partial charge in [-0.25, -0.2) is 8.42 Å². The van der Waals surface area contributed by atoms with E-state index < -0.39 is 10.0 Å². The average Bonchev–Trinajstić information content (AvgIpc) is 2.88. The quantitative estimate of drug-likeness (QED) is 0.391. The van der Waals surface area contributed by atoms with Crippen LogP contribution in [0.3, 0.4) is 0 Å². The number of aromatic nitrogens is 1. The topological polar surface area (TPSA) is 70.6 Å².